The third-order valence-electron chi connectivity index (χ3n) is 2.67. The molecule has 17 heavy (non-hydrogen) atoms. The average molecular weight is 263 g/mol. The first-order valence-corrected chi connectivity index (χ1v) is 6.99. The molecule has 1 amide bonds. The fraction of sp³-hybridized carbons (Fsp3) is 0.900. The zero-order chi connectivity index (χ0) is 12.8. The molecule has 0 radical (unpaired) electrons. The molecule has 1 heterocycles. The highest BCUT2D eigenvalue weighted by Crippen LogP contribution is 2.40. The normalized spacial score (nSPS) is 28.2. The Hall–Kier alpha value is -0.820. The van der Waals surface area contributed by atoms with E-state index in [4.69, 9.17) is 8.92 Å². The summed E-state index contributed by atoms with van der Waals surface area (Å²) >= 11 is 0. The maximum absolute atomic E-state index is 11.9. The van der Waals surface area contributed by atoms with Gasteiger partial charge in [-0.05, 0) is 39.5 Å². The van der Waals surface area contributed by atoms with Crippen LogP contribution >= 0.6 is 0 Å². The van der Waals surface area contributed by atoms with Gasteiger partial charge in [0, 0.05) is 0 Å². The third-order valence-corrected chi connectivity index (χ3v) is 4.01. The van der Waals surface area contributed by atoms with Gasteiger partial charge >= 0.3 is 16.4 Å². The lowest BCUT2D eigenvalue weighted by molar-refractivity contribution is 0.0345. The van der Waals surface area contributed by atoms with Crippen molar-refractivity contribution in [2.24, 2.45) is 5.92 Å². The van der Waals surface area contributed by atoms with E-state index in [0.29, 0.717) is 0 Å². The zero-order valence-corrected chi connectivity index (χ0v) is 11.0. The molecule has 1 aliphatic carbocycles. The molecule has 2 fully saturated rings. The first-order chi connectivity index (χ1) is 7.71. The van der Waals surface area contributed by atoms with Gasteiger partial charge in [0.1, 0.15) is 5.60 Å². The van der Waals surface area contributed by atoms with Crippen LogP contribution in [0.3, 0.4) is 0 Å². The summed E-state index contributed by atoms with van der Waals surface area (Å²) in [4.78, 5) is 11.9. The van der Waals surface area contributed by atoms with Crippen molar-refractivity contribution in [1.82, 2.24) is 4.31 Å². The molecule has 1 saturated carbocycles. The van der Waals surface area contributed by atoms with Gasteiger partial charge < -0.3 is 4.74 Å². The fourth-order valence-electron chi connectivity index (χ4n) is 1.79. The summed E-state index contributed by atoms with van der Waals surface area (Å²) in [7, 11) is -3.95. The minimum absolute atomic E-state index is 0.0479. The maximum Gasteiger partial charge on any atom is 0.426 e. The standard InChI is InChI=1S/C10H17NO5S/c1-10(2,3)16-9(12)11-8(7-4-5-7)6-15-17(11,13)14/h7-8H,4-6H2,1-3H3/t8-/m0/s1. The van der Waals surface area contributed by atoms with Crippen molar-refractivity contribution in [1.29, 1.82) is 0 Å². The molecule has 0 aromatic rings. The van der Waals surface area contributed by atoms with Gasteiger partial charge in [-0.2, -0.15) is 12.7 Å². The second-order valence-corrected chi connectivity index (χ2v) is 6.91. The minimum Gasteiger partial charge on any atom is -0.443 e. The summed E-state index contributed by atoms with van der Waals surface area (Å²) < 4.78 is 33.8. The minimum atomic E-state index is -3.95. The number of hydrogen-bond donors (Lipinski definition) is 0. The molecule has 1 saturated heterocycles. The molecule has 6 nitrogen and oxygen atoms in total. The molecular formula is C10H17NO5S. The summed E-state index contributed by atoms with van der Waals surface area (Å²) in [5.41, 5.74) is -0.719. The number of hydrogen-bond acceptors (Lipinski definition) is 5. The molecule has 0 bridgehead atoms. The van der Waals surface area contributed by atoms with Gasteiger partial charge in [-0.25, -0.2) is 4.79 Å². The molecule has 98 valence electrons. The van der Waals surface area contributed by atoms with Gasteiger partial charge in [-0.1, -0.05) is 0 Å². The Morgan fingerprint density at radius 1 is 1.35 bits per heavy atom. The van der Waals surface area contributed by atoms with Gasteiger partial charge in [0.15, 0.2) is 0 Å². The highest BCUT2D eigenvalue weighted by Gasteiger charge is 2.50. The van der Waals surface area contributed by atoms with Gasteiger partial charge in [0.05, 0.1) is 12.6 Å². The molecule has 1 aliphatic heterocycles. The molecule has 0 unspecified atom stereocenters. The molecule has 0 N–H and O–H groups in total. The van der Waals surface area contributed by atoms with Crippen LogP contribution in [0, 0.1) is 5.92 Å². The lowest BCUT2D eigenvalue weighted by atomic mass is 10.2. The van der Waals surface area contributed by atoms with Crippen molar-refractivity contribution >= 4 is 16.4 Å². The SMILES string of the molecule is CC(C)(C)OC(=O)N1[C@H](C2CC2)COS1(=O)=O. The lowest BCUT2D eigenvalue weighted by Crippen LogP contribution is -2.43. The van der Waals surface area contributed by atoms with Gasteiger partial charge in [-0.15, -0.1) is 0 Å². The Balaban J connectivity index is 2.17. The Morgan fingerprint density at radius 2 is 1.94 bits per heavy atom. The smallest absolute Gasteiger partial charge is 0.426 e. The van der Waals surface area contributed by atoms with Crippen LogP contribution in [-0.4, -0.2) is 37.1 Å². The van der Waals surface area contributed by atoms with Crippen LogP contribution in [0.25, 0.3) is 0 Å². The summed E-state index contributed by atoms with van der Waals surface area (Å²) in [6.07, 6.45) is 1.03. The average Bonchev–Trinajstić information content (AvgIpc) is 2.87. The summed E-state index contributed by atoms with van der Waals surface area (Å²) in [5, 5.41) is 0. The number of nitrogens with zero attached hydrogens (tertiary/aromatic N) is 1. The van der Waals surface area contributed by atoms with Crippen LogP contribution in [0.4, 0.5) is 4.79 Å². The highest BCUT2D eigenvalue weighted by molar-refractivity contribution is 7.85. The number of amides is 1. The molecule has 1 atom stereocenters. The molecule has 0 aromatic carbocycles. The summed E-state index contributed by atoms with van der Waals surface area (Å²) in [5.74, 6) is 0.222. The van der Waals surface area contributed by atoms with Crippen LogP contribution in [-0.2, 0) is 19.2 Å². The van der Waals surface area contributed by atoms with Crippen LogP contribution in [0.2, 0.25) is 0 Å². The van der Waals surface area contributed by atoms with Crippen LogP contribution < -0.4 is 0 Å². The maximum atomic E-state index is 11.9. The van der Waals surface area contributed by atoms with Crippen LogP contribution in [0.5, 0.6) is 0 Å². The quantitative estimate of drug-likeness (QED) is 0.712. The van der Waals surface area contributed by atoms with E-state index in [2.05, 4.69) is 0 Å². The molecule has 2 rings (SSSR count). The van der Waals surface area contributed by atoms with E-state index in [-0.39, 0.29) is 12.5 Å². The van der Waals surface area contributed by atoms with Crippen molar-refractivity contribution < 1.29 is 22.1 Å². The molecule has 0 aromatic heterocycles. The van der Waals surface area contributed by atoms with Crippen molar-refractivity contribution in [3.8, 4) is 0 Å². The van der Waals surface area contributed by atoms with E-state index >= 15 is 0 Å². The molecule has 2 aliphatic rings. The number of ether oxygens (including phenoxy) is 1. The van der Waals surface area contributed by atoms with Gasteiger partial charge in [-0.3, -0.25) is 4.18 Å². The first-order valence-electron chi connectivity index (χ1n) is 5.62. The molecular weight excluding hydrogens is 246 g/mol. The van der Waals surface area contributed by atoms with Gasteiger partial charge in [0.25, 0.3) is 0 Å². The zero-order valence-electron chi connectivity index (χ0n) is 10.2. The van der Waals surface area contributed by atoms with Crippen molar-refractivity contribution in [3.05, 3.63) is 0 Å². The van der Waals surface area contributed by atoms with E-state index in [1.54, 1.807) is 20.8 Å². The monoisotopic (exact) mass is 263 g/mol. The van der Waals surface area contributed by atoms with Crippen LogP contribution in [0.15, 0.2) is 0 Å². The molecule has 7 heteroatoms. The van der Waals surface area contributed by atoms with E-state index in [9.17, 15) is 13.2 Å². The van der Waals surface area contributed by atoms with Crippen molar-refractivity contribution in [2.75, 3.05) is 6.61 Å². The van der Waals surface area contributed by atoms with Crippen LogP contribution in [0.1, 0.15) is 33.6 Å². The second kappa shape index (κ2) is 3.84. The highest BCUT2D eigenvalue weighted by atomic mass is 32.2. The van der Waals surface area contributed by atoms with Gasteiger partial charge in [0.2, 0.25) is 0 Å². The van der Waals surface area contributed by atoms with Crippen molar-refractivity contribution in [3.63, 3.8) is 0 Å². The number of rotatable bonds is 1. The predicted molar refractivity (Wildman–Crippen MR) is 59.5 cm³/mol. The number of carbonyl (C=O) groups excluding carboxylic acids is 1. The predicted octanol–water partition coefficient (Wildman–Crippen LogP) is 1.28. The Kier molecular flexibility index (Phi) is 2.86. The van der Waals surface area contributed by atoms with E-state index in [1.807, 2.05) is 0 Å². The summed E-state index contributed by atoms with van der Waals surface area (Å²) in [6.45, 7) is 5.13. The second-order valence-electron chi connectivity index (χ2n) is 5.42. The Morgan fingerprint density at radius 3 is 2.41 bits per heavy atom. The summed E-state index contributed by atoms with van der Waals surface area (Å²) in [6, 6.07) is -0.394. The molecule has 0 spiro atoms. The Bertz CT molecular complexity index is 420. The largest absolute Gasteiger partial charge is 0.443 e. The topological polar surface area (TPSA) is 72.9 Å². The van der Waals surface area contributed by atoms with E-state index in [0.717, 1.165) is 17.1 Å². The Labute approximate surface area is 101 Å². The number of carbonyl (C=O) groups is 1. The fourth-order valence-corrected chi connectivity index (χ4v) is 3.00. The van der Waals surface area contributed by atoms with E-state index in [1.165, 1.54) is 0 Å². The lowest BCUT2D eigenvalue weighted by Gasteiger charge is -2.25. The third kappa shape index (κ3) is 2.71. The van der Waals surface area contributed by atoms with E-state index < -0.39 is 28.0 Å². The first kappa shape index (κ1) is 12.6. The van der Waals surface area contributed by atoms with Crippen molar-refractivity contribution in [2.45, 2.75) is 45.3 Å².